The molecule has 0 saturated carbocycles. The summed E-state index contributed by atoms with van der Waals surface area (Å²) in [4.78, 5) is 10.7. The highest BCUT2D eigenvalue weighted by molar-refractivity contribution is 5.87. The average Bonchev–Trinajstić information content (AvgIpc) is 2.41. The summed E-state index contributed by atoms with van der Waals surface area (Å²) in [6.07, 6.45) is 0. The van der Waals surface area contributed by atoms with Crippen LogP contribution in [0.2, 0.25) is 0 Å². The van der Waals surface area contributed by atoms with Crippen LogP contribution in [0.3, 0.4) is 0 Å². The molecule has 0 aliphatic heterocycles. The molecule has 2 aromatic rings. The Morgan fingerprint density at radius 3 is 2.15 bits per heavy atom. The quantitative estimate of drug-likeness (QED) is 0.798. The second-order valence-electron chi connectivity index (χ2n) is 4.48. The van der Waals surface area contributed by atoms with Gasteiger partial charge in [0.05, 0.1) is 0 Å². The minimum absolute atomic E-state index is 0.0584. The Bertz CT molecular complexity index is 581. The SMILES string of the molecule is CC(Nc1ccc(F)cc1)c1ccc(NC(N)=O)cc1. The van der Waals surface area contributed by atoms with Gasteiger partial charge >= 0.3 is 6.03 Å². The van der Waals surface area contributed by atoms with E-state index in [1.54, 1.807) is 24.3 Å². The lowest BCUT2D eigenvalue weighted by atomic mass is 10.1. The second kappa shape index (κ2) is 6.06. The molecule has 4 N–H and O–H groups in total. The molecule has 2 amide bonds. The van der Waals surface area contributed by atoms with Gasteiger partial charge in [0.15, 0.2) is 0 Å². The lowest BCUT2D eigenvalue weighted by Crippen LogP contribution is -2.19. The standard InChI is InChI=1S/C15H16FN3O/c1-10(18-13-8-4-12(16)5-9-13)11-2-6-14(7-3-11)19-15(17)20/h2-10,18H,1H3,(H3,17,19,20). The third-order valence-corrected chi connectivity index (χ3v) is 2.91. The first kappa shape index (κ1) is 13.9. The number of benzene rings is 2. The van der Waals surface area contributed by atoms with Gasteiger partial charge in [0.25, 0.3) is 0 Å². The Morgan fingerprint density at radius 2 is 1.60 bits per heavy atom. The minimum atomic E-state index is -0.588. The zero-order chi connectivity index (χ0) is 14.5. The maximum atomic E-state index is 12.8. The van der Waals surface area contributed by atoms with E-state index < -0.39 is 6.03 Å². The molecule has 0 heterocycles. The van der Waals surface area contributed by atoms with Crippen LogP contribution in [-0.4, -0.2) is 6.03 Å². The van der Waals surface area contributed by atoms with Gasteiger partial charge in [-0.1, -0.05) is 12.1 Å². The molecule has 2 rings (SSSR count). The van der Waals surface area contributed by atoms with Crippen LogP contribution in [0, 0.1) is 5.82 Å². The summed E-state index contributed by atoms with van der Waals surface area (Å²) >= 11 is 0. The molecule has 0 bridgehead atoms. The van der Waals surface area contributed by atoms with Crippen molar-refractivity contribution in [2.75, 3.05) is 10.6 Å². The van der Waals surface area contributed by atoms with Crippen molar-refractivity contribution in [3.63, 3.8) is 0 Å². The number of rotatable bonds is 4. The Hall–Kier alpha value is -2.56. The van der Waals surface area contributed by atoms with Gasteiger partial charge in [-0.15, -0.1) is 0 Å². The van der Waals surface area contributed by atoms with Gasteiger partial charge < -0.3 is 16.4 Å². The van der Waals surface area contributed by atoms with E-state index in [0.29, 0.717) is 5.69 Å². The zero-order valence-corrected chi connectivity index (χ0v) is 11.1. The van der Waals surface area contributed by atoms with Crippen molar-refractivity contribution in [1.29, 1.82) is 0 Å². The third-order valence-electron chi connectivity index (χ3n) is 2.91. The molecular weight excluding hydrogens is 257 g/mol. The van der Waals surface area contributed by atoms with Crippen molar-refractivity contribution in [3.05, 3.63) is 59.9 Å². The van der Waals surface area contributed by atoms with E-state index in [0.717, 1.165) is 11.3 Å². The second-order valence-corrected chi connectivity index (χ2v) is 4.48. The van der Waals surface area contributed by atoms with Crippen LogP contribution >= 0.6 is 0 Å². The molecular formula is C15H16FN3O. The van der Waals surface area contributed by atoms with Crippen molar-refractivity contribution < 1.29 is 9.18 Å². The fourth-order valence-corrected chi connectivity index (χ4v) is 1.88. The lowest BCUT2D eigenvalue weighted by molar-refractivity contribution is 0.259. The van der Waals surface area contributed by atoms with Crippen molar-refractivity contribution in [2.45, 2.75) is 13.0 Å². The highest BCUT2D eigenvalue weighted by Gasteiger charge is 2.05. The average molecular weight is 273 g/mol. The lowest BCUT2D eigenvalue weighted by Gasteiger charge is -2.16. The summed E-state index contributed by atoms with van der Waals surface area (Å²) in [7, 11) is 0. The first-order valence-electron chi connectivity index (χ1n) is 6.23. The first-order valence-corrected chi connectivity index (χ1v) is 6.23. The zero-order valence-electron chi connectivity index (χ0n) is 11.1. The van der Waals surface area contributed by atoms with E-state index in [9.17, 15) is 9.18 Å². The molecule has 104 valence electrons. The molecule has 0 saturated heterocycles. The normalized spacial score (nSPS) is 11.7. The summed E-state index contributed by atoms with van der Waals surface area (Å²) in [6.45, 7) is 2.00. The monoisotopic (exact) mass is 273 g/mol. The van der Waals surface area contributed by atoms with E-state index >= 15 is 0 Å². The number of anilines is 2. The number of amides is 2. The van der Waals surface area contributed by atoms with E-state index in [1.165, 1.54) is 12.1 Å². The van der Waals surface area contributed by atoms with Crippen molar-refractivity contribution >= 4 is 17.4 Å². The number of urea groups is 1. The number of nitrogens with two attached hydrogens (primary N) is 1. The molecule has 0 fully saturated rings. The summed E-state index contributed by atoms with van der Waals surface area (Å²) in [5, 5.41) is 5.77. The number of nitrogens with one attached hydrogen (secondary N) is 2. The number of halogens is 1. The molecule has 0 aliphatic carbocycles. The number of hydrogen-bond acceptors (Lipinski definition) is 2. The Morgan fingerprint density at radius 1 is 1.05 bits per heavy atom. The van der Waals surface area contributed by atoms with Crippen molar-refractivity contribution in [1.82, 2.24) is 0 Å². The van der Waals surface area contributed by atoms with Crippen molar-refractivity contribution in [3.8, 4) is 0 Å². The highest BCUT2D eigenvalue weighted by atomic mass is 19.1. The van der Waals surface area contributed by atoms with E-state index in [1.807, 2.05) is 19.1 Å². The summed E-state index contributed by atoms with van der Waals surface area (Å²) in [5.41, 5.74) is 7.58. The van der Waals surface area contributed by atoms with Crippen LogP contribution in [0.5, 0.6) is 0 Å². The molecule has 1 unspecified atom stereocenters. The molecule has 20 heavy (non-hydrogen) atoms. The van der Waals surface area contributed by atoms with E-state index in [2.05, 4.69) is 10.6 Å². The minimum Gasteiger partial charge on any atom is -0.379 e. The molecule has 1 atom stereocenters. The number of carbonyl (C=O) groups is 1. The van der Waals surface area contributed by atoms with Crippen LogP contribution in [-0.2, 0) is 0 Å². The van der Waals surface area contributed by atoms with Crippen LogP contribution in [0.4, 0.5) is 20.6 Å². The Kier molecular flexibility index (Phi) is 4.20. The maximum Gasteiger partial charge on any atom is 0.316 e. The molecule has 4 nitrogen and oxygen atoms in total. The molecule has 5 heteroatoms. The maximum absolute atomic E-state index is 12.8. The molecule has 0 aromatic heterocycles. The van der Waals surface area contributed by atoms with Crippen LogP contribution in [0.25, 0.3) is 0 Å². The Balaban J connectivity index is 2.03. The van der Waals surface area contributed by atoms with E-state index in [4.69, 9.17) is 5.73 Å². The summed E-state index contributed by atoms with van der Waals surface area (Å²) in [5.74, 6) is -0.259. The molecule has 0 spiro atoms. The predicted octanol–water partition coefficient (Wildman–Crippen LogP) is 3.49. The van der Waals surface area contributed by atoms with Gasteiger partial charge in [-0.25, -0.2) is 9.18 Å². The third kappa shape index (κ3) is 3.71. The van der Waals surface area contributed by atoms with Gasteiger partial charge in [0, 0.05) is 17.4 Å². The Labute approximate surface area is 116 Å². The largest absolute Gasteiger partial charge is 0.379 e. The van der Waals surface area contributed by atoms with Crippen LogP contribution < -0.4 is 16.4 Å². The number of hydrogen-bond donors (Lipinski definition) is 3. The molecule has 2 aromatic carbocycles. The number of carbonyl (C=O) groups excluding carboxylic acids is 1. The smallest absolute Gasteiger partial charge is 0.316 e. The fourth-order valence-electron chi connectivity index (χ4n) is 1.88. The van der Waals surface area contributed by atoms with Crippen molar-refractivity contribution in [2.24, 2.45) is 5.73 Å². The topological polar surface area (TPSA) is 67.2 Å². The van der Waals surface area contributed by atoms with Gasteiger partial charge in [-0.05, 0) is 48.9 Å². The van der Waals surface area contributed by atoms with Gasteiger partial charge in [0.2, 0.25) is 0 Å². The number of primary amides is 1. The predicted molar refractivity (Wildman–Crippen MR) is 78.1 cm³/mol. The van der Waals surface area contributed by atoms with Crippen LogP contribution in [0.1, 0.15) is 18.5 Å². The summed E-state index contributed by atoms with van der Waals surface area (Å²) in [6, 6.07) is 13.0. The van der Waals surface area contributed by atoms with Gasteiger partial charge in [-0.2, -0.15) is 0 Å². The van der Waals surface area contributed by atoms with Gasteiger partial charge in [-0.3, -0.25) is 0 Å². The molecule has 0 aliphatic rings. The summed E-state index contributed by atoms with van der Waals surface area (Å²) < 4.78 is 12.8. The highest BCUT2D eigenvalue weighted by Crippen LogP contribution is 2.21. The first-order chi connectivity index (χ1) is 9.54. The van der Waals surface area contributed by atoms with E-state index in [-0.39, 0.29) is 11.9 Å². The van der Waals surface area contributed by atoms with Crippen LogP contribution in [0.15, 0.2) is 48.5 Å². The van der Waals surface area contributed by atoms with Gasteiger partial charge in [0.1, 0.15) is 5.82 Å². The molecule has 0 radical (unpaired) electrons. The fraction of sp³-hybridized carbons (Fsp3) is 0.133.